The van der Waals surface area contributed by atoms with Crippen molar-refractivity contribution >= 4 is 5.69 Å². The predicted octanol–water partition coefficient (Wildman–Crippen LogP) is 3.02. The molecule has 0 spiro atoms. The minimum Gasteiger partial charge on any atom is -0.399 e. The molecule has 2 rings (SSSR count). The van der Waals surface area contributed by atoms with Crippen LogP contribution in [-0.2, 0) is 0 Å². The van der Waals surface area contributed by atoms with E-state index in [-0.39, 0.29) is 0 Å². The Morgan fingerprint density at radius 3 is 2.62 bits per heavy atom. The summed E-state index contributed by atoms with van der Waals surface area (Å²) in [6.45, 7) is 6.76. The van der Waals surface area contributed by atoms with Crippen LogP contribution in [0.2, 0.25) is 0 Å². The van der Waals surface area contributed by atoms with Gasteiger partial charge in [-0.25, -0.2) is 0 Å². The van der Waals surface area contributed by atoms with Gasteiger partial charge in [0.2, 0.25) is 0 Å². The molecule has 0 saturated carbocycles. The second kappa shape index (κ2) is 4.88. The van der Waals surface area contributed by atoms with Crippen molar-refractivity contribution in [2.45, 2.75) is 32.7 Å². The molecule has 87 valence electrons. The maximum atomic E-state index is 5.72. The summed E-state index contributed by atoms with van der Waals surface area (Å²) in [7, 11) is 0. The molecule has 1 aliphatic heterocycles. The molecule has 1 aromatic rings. The number of likely N-dealkylation sites (tertiary alicyclic amines) is 1. The molecule has 2 N–H and O–H groups in total. The smallest absolute Gasteiger partial charge is 0.0348 e. The molecular formula is C14H21N2. The molecule has 1 aromatic carbocycles. The van der Waals surface area contributed by atoms with Crippen LogP contribution >= 0.6 is 0 Å². The van der Waals surface area contributed by atoms with E-state index in [0.717, 1.165) is 12.2 Å². The van der Waals surface area contributed by atoms with E-state index in [0.29, 0.717) is 6.04 Å². The maximum absolute atomic E-state index is 5.72. The quantitative estimate of drug-likeness (QED) is 0.789. The summed E-state index contributed by atoms with van der Waals surface area (Å²) >= 11 is 0. The molecule has 1 saturated heterocycles. The zero-order valence-electron chi connectivity index (χ0n) is 10.2. The highest BCUT2D eigenvalue weighted by Crippen LogP contribution is 2.32. The van der Waals surface area contributed by atoms with Crippen LogP contribution in [0.5, 0.6) is 0 Å². The molecule has 1 unspecified atom stereocenters. The van der Waals surface area contributed by atoms with E-state index >= 15 is 0 Å². The Labute approximate surface area is 98.4 Å². The Hall–Kier alpha value is -1.02. The number of nitrogens with zero attached hydrogens (tertiary/aromatic N) is 1. The van der Waals surface area contributed by atoms with E-state index < -0.39 is 0 Å². The minimum atomic E-state index is 0.593. The normalized spacial score (nSPS) is 21.8. The third-order valence-corrected chi connectivity index (χ3v) is 3.20. The summed E-state index contributed by atoms with van der Waals surface area (Å²) in [4.78, 5) is 2.57. The van der Waals surface area contributed by atoms with E-state index in [1.807, 2.05) is 12.1 Å². The molecule has 1 fully saturated rings. The van der Waals surface area contributed by atoms with Crippen molar-refractivity contribution in [3.8, 4) is 0 Å². The van der Waals surface area contributed by atoms with Gasteiger partial charge in [0.05, 0.1) is 0 Å². The van der Waals surface area contributed by atoms with Gasteiger partial charge in [-0.15, -0.1) is 0 Å². The Morgan fingerprint density at radius 2 is 2.00 bits per heavy atom. The van der Waals surface area contributed by atoms with E-state index in [4.69, 9.17) is 5.73 Å². The average Bonchev–Trinajstić information content (AvgIpc) is 2.66. The van der Waals surface area contributed by atoms with Gasteiger partial charge in [-0.05, 0) is 43.0 Å². The van der Waals surface area contributed by atoms with Crippen LogP contribution in [0.1, 0.15) is 38.3 Å². The lowest BCUT2D eigenvalue weighted by Gasteiger charge is -2.26. The number of benzene rings is 1. The third kappa shape index (κ3) is 2.56. The van der Waals surface area contributed by atoms with Gasteiger partial charge >= 0.3 is 0 Å². The van der Waals surface area contributed by atoms with Crippen molar-refractivity contribution in [3.05, 3.63) is 35.7 Å². The molecule has 0 amide bonds. The molecule has 16 heavy (non-hydrogen) atoms. The van der Waals surface area contributed by atoms with Crippen molar-refractivity contribution in [1.29, 1.82) is 0 Å². The molecule has 1 aliphatic rings. The number of anilines is 1. The van der Waals surface area contributed by atoms with E-state index in [1.54, 1.807) is 0 Å². The van der Waals surface area contributed by atoms with Gasteiger partial charge in [0.25, 0.3) is 0 Å². The average molecular weight is 217 g/mol. The summed E-state index contributed by atoms with van der Waals surface area (Å²) in [5.41, 5.74) is 7.99. The third-order valence-electron chi connectivity index (χ3n) is 3.20. The van der Waals surface area contributed by atoms with Crippen molar-refractivity contribution in [2.75, 3.05) is 18.8 Å². The second-order valence-corrected chi connectivity index (χ2v) is 5.00. The van der Waals surface area contributed by atoms with Crippen LogP contribution in [0.4, 0.5) is 5.69 Å². The van der Waals surface area contributed by atoms with Gasteiger partial charge in [0.1, 0.15) is 0 Å². The first kappa shape index (κ1) is 11.5. The molecule has 1 heterocycles. The second-order valence-electron chi connectivity index (χ2n) is 5.00. The molecule has 2 heteroatoms. The van der Waals surface area contributed by atoms with Crippen LogP contribution < -0.4 is 5.73 Å². The summed E-state index contributed by atoms with van der Waals surface area (Å²) in [5.74, 6) is 1.49. The standard InChI is InChI=1S/C14H21N2/c1-11(2)10-16-9-3-4-14(16)12-5-7-13(15)8-6-12/h5-8,14H,3-4,9-10,15H2,1-2H3. The van der Waals surface area contributed by atoms with Gasteiger partial charge in [0.15, 0.2) is 0 Å². The van der Waals surface area contributed by atoms with Crippen molar-refractivity contribution in [1.82, 2.24) is 4.90 Å². The monoisotopic (exact) mass is 217 g/mol. The first-order chi connectivity index (χ1) is 7.66. The topological polar surface area (TPSA) is 29.3 Å². The van der Waals surface area contributed by atoms with Gasteiger partial charge in [0, 0.05) is 18.3 Å². The van der Waals surface area contributed by atoms with E-state index in [1.165, 1.54) is 30.9 Å². The summed E-state index contributed by atoms with van der Waals surface area (Å²) in [5, 5.41) is 0. The summed E-state index contributed by atoms with van der Waals surface area (Å²) in [6.07, 6.45) is 2.58. The van der Waals surface area contributed by atoms with Crippen LogP contribution in [0.25, 0.3) is 0 Å². The number of rotatable bonds is 3. The highest BCUT2D eigenvalue weighted by Gasteiger charge is 2.25. The molecule has 0 aliphatic carbocycles. The van der Waals surface area contributed by atoms with Crippen LogP contribution in [-0.4, -0.2) is 18.0 Å². The fourth-order valence-electron chi connectivity index (χ4n) is 2.52. The lowest BCUT2D eigenvalue weighted by molar-refractivity contribution is 0.267. The first-order valence-corrected chi connectivity index (χ1v) is 6.05. The Bertz CT molecular complexity index is 329. The maximum Gasteiger partial charge on any atom is 0.0348 e. The van der Waals surface area contributed by atoms with Crippen LogP contribution in [0.3, 0.4) is 0 Å². The van der Waals surface area contributed by atoms with Crippen molar-refractivity contribution in [2.24, 2.45) is 0 Å². The van der Waals surface area contributed by atoms with Crippen LogP contribution in [0, 0.1) is 5.92 Å². The SMILES string of the molecule is C[C](C)CN1CCCC1c1ccc(N)cc1. The minimum absolute atomic E-state index is 0.593. The largest absolute Gasteiger partial charge is 0.399 e. The van der Waals surface area contributed by atoms with Gasteiger partial charge in [-0.3, -0.25) is 4.90 Å². The number of hydrogen-bond donors (Lipinski definition) is 1. The van der Waals surface area contributed by atoms with Gasteiger partial charge in [-0.1, -0.05) is 26.0 Å². The fourth-order valence-corrected chi connectivity index (χ4v) is 2.52. The number of hydrogen-bond acceptors (Lipinski definition) is 2. The molecule has 1 atom stereocenters. The van der Waals surface area contributed by atoms with E-state index in [9.17, 15) is 0 Å². The Kier molecular flexibility index (Phi) is 3.49. The summed E-state index contributed by atoms with van der Waals surface area (Å²) < 4.78 is 0. The van der Waals surface area contributed by atoms with Crippen LogP contribution in [0.15, 0.2) is 24.3 Å². The van der Waals surface area contributed by atoms with Crippen molar-refractivity contribution in [3.63, 3.8) is 0 Å². The number of nitrogen functional groups attached to an aromatic ring is 1. The Morgan fingerprint density at radius 1 is 1.31 bits per heavy atom. The van der Waals surface area contributed by atoms with E-state index in [2.05, 4.69) is 30.9 Å². The summed E-state index contributed by atoms with van der Waals surface area (Å²) in [6, 6.07) is 8.95. The first-order valence-electron chi connectivity index (χ1n) is 6.05. The molecule has 1 radical (unpaired) electrons. The van der Waals surface area contributed by atoms with Crippen molar-refractivity contribution < 1.29 is 0 Å². The fraction of sp³-hybridized carbons (Fsp3) is 0.500. The highest BCUT2D eigenvalue weighted by molar-refractivity contribution is 5.40. The molecule has 0 aromatic heterocycles. The predicted molar refractivity (Wildman–Crippen MR) is 69.0 cm³/mol. The Balaban J connectivity index is 2.10. The zero-order chi connectivity index (χ0) is 11.5. The number of nitrogens with two attached hydrogens (primary N) is 1. The lowest BCUT2D eigenvalue weighted by Crippen LogP contribution is -2.26. The zero-order valence-corrected chi connectivity index (χ0v) is 10.2. The van der Waals surface area contributed by atoms with Gasteiger partial charge < -0.3 is 5.73 Å². The molecule has 2 nitrogen and oxygen atoms in total. The lowest BCUT2D eigenvalue weighted by atomic mass is 10.0. The van der Waals surface area contributed by atoms with Gasteiger partial charge in [-0.2, -0.15) is 0 Å². The molecule has 0 bridgehead atoms. The molecular weight excluding hydrogens is 196 g/mol. The highest BCUT2D eigenvalue weighted by atomic mass is 15.2.